The zero-order valence-corrected chi connectivity index (χ0v) is 9.91. The van der Waals surface area contributed by atoms with Crippen LogP contribution in [0.3, 0.4) is 0 Å². The number of Topliss-reactive ketones (excluding diaryl/α,β-unsaturated/α-hetero) is 1. The molecule has 3 nitrogen and oxygen atoms in total. The Morgan fingerprint density at radius 3 is 2.88 bits per heavy atom. The second-order valence-corrected chi connectivity index (χ2v) is 5.72. The Balaban J connectivity index is 1.69. The molecule has 3 heteroatoms. The zero-order valence-electron chi connectivity index (χ0n) is 9.91. The van der Waals surface area contributed by atoms with Gasteiger partial charge in [0.15, 0.2) is 5.78 Å². The number of carbonyl (C=O) groups is 1. The van der Waals surface area contributed by atoms with Gasteiger partial charge in [-0.1, -0.05) is 6.42 Å². The van der Waals surface area contributed by atoms with Crippen molar-refractivity contribution in [1.82, 2.24) is 0 Å². The number of carbonyl (C=O) groups excluding carboxylic acids is 1. The molecule has 90 valence electrons. The van der Waals surface area contributed by atoms with E-state index in [1.807, 2.05) is 0 Å². The zero-order chi connectivity index (χ0) is 11.2. The van der Waals surface area contributed by atoms with Crippen molar-refractivity contribution in [3.05, 3.63) is 0 Å². The molecule has 4 atom stereocenters. The summed E-state index contributed by atoms with van der Waals surface area (Å²) in [6.45, 7) is 3.12. The van der Waals surface area contributed by atoms with Gasteiger partial charge in [0.05, 0.1) is 18.3 Å². The van der Waals surface area contributed by atoms with Crippen molar-refractivity contribution in [2.45, 2.75) is 63.3 Å². The van der Waals surface area contributed by atoms with Gasteiger partial charge in [0.1, 0.15) is 6.10 Å². The van der Waals surface area contributed by atoms with Gasteiger partial charge in [0.2, 0.25) is 0 Å². The standard InChI is InChI=1S/C13H20O3/c1-13(8-15-13)9-3-2-4-12-11(14)6-5-10(7-9)16-12/h9-10,12H,2-8H2,1H3. The van der Waals surface area contributed by atoms with Crippen LogP contribution in [0.4, 0.5) is 0 Å². The van der Waals surface area contributed by atoms with Crippen LogP contribution >= 0.6 is 0 Å². The fourth-order valence-corrected chi connectivity index (χ4v) is 3.13. The SMILES string of the molecule is CC1(C2CCCC3OC(CCC3=O)C2)CO1. The Bertz CT molecular complexity index is 296. The molecule has 0 saturated carbocycles. The maximum absolute atomic E-state index is 11.6. The van der Waals surface area contributed by atoms with Gasteiger partial charge in [0.25, 0.3) is 0 Å². The highest BCUT2D eigenvalue weighted by molar-refractivity contribution is 5.83. The largest absolute Gasteiger partial charge is 0.370 e. The summed E-state index contributed by atoms with van der Waals surface area (Å²) in [5, 5.41) is 0. The van der Waals surface area contributed by atoms with E-state index >= 15 is 0 Å². The van der Waals surface area contributed by atoms with E-state index < -0.39 is 0 Å². The van der Waals surface area contributed by atoms with E-state index in [4.69, 9.17) is 9.47 Å². The first-order valence-corrected chi connectivity index (χ1v) is 6.49. The molecule has 3 rings (SSSR count). The van der Waals surface area contributed by atoms with Crippen molar-refractivity contribution in [3.63, 3.8) is 0 Å². The highest BCUT2D eigenvalue weighted by Gasteiger charge is 2.48. The highest BCUT2D eigenvalue weighted by atomic mass is 16.6. The van der Waals surface area contributed by atoms with Gasteiger partial charge in [-0.25, -0.2) is 0 Å². The third-order valence-corrected chi connectivity index (χ3v) is 4.46. The monoisotopic (exact) mass is 224 g/mol. The van der Waals surface area contributed by atoms with Gasteiger partial charge in [-0.3, -0.25) is 4.79 Å². The quantitative estimate of drug-likeness (QED) is 0.640. The average Bonchev–Trinajstić information content (AvgIpc) is 2.96. The molecule has 3 saturated heterocycles. The number of hydrogen-bond donors (Lipinski definition) is 0. The van der Waals surface area contributed by atoms with E-state index in [1.165, 1.54) is 6.42 Å². The number of ketones is 1. The van der Waals surface area contributed by atoms with Gasteiger partial charge in [0, 0.05) is 6.42 Å². The third-order valence-electron chi connectivity index (χ3n) is 4.46. The molecule has 0 aliphatic carbocycles. The number of ether oxygens (including phenoxy) is 2. The molecular weight excluding hydrogens is 204 g/mol. The van der Waals surface area contributed by atoms with E-state index in [-0.39, 0.29) is 11.7 Å². The van der Waals surface area contributed by atoms with Crippen molar-refractivity contribution < 1.29 is 14.3 Å². The normalized spacial score (nSPS) is 48.3. The third kappa shape index (κ3) is 1.91. The van der Waals surface area contributed by atoms with Gasteiger partial charge in [-0.2, -0.15) is 0 Å². The van der Waals surface area contributed by atoms with E-state index in [0.717, 1.165) is 38.7 Å². The molecule has 0 aromatic carbocycles. The Kier molecular flexibility index (Phi) is 2.55. The van der Waals surface area contributed by atoms with Crippen LogP contribution in [-0.4, -0.2) is 30.2 Å². The molecule has 3 fully saturated rings. The molecule has 2 bridgehead atoms. The molecule has 3 aliphatic rings. The summed E-state index contributed by atoms with van der Waals surface area (Å²) < 4.78 is 11.5. The minimum absolute atomic E-state index is 0.0902. The summed E-state index contributed by atoms with van der Waals surface area (Å²) in [5.41, 5.74) is 0.123. The smallest absolute Gasteiger partial charge is 0.161 e. The van der Waals surface area contributed by atoms with Crippen molar-refractivity contribution in [2.24, 2.45) is 5.92 Å². The van der Waals surface area contributed by atoms with Crippen molar-refractivity contribution in [3.8, 4) is 0 Å². The second kappa shape index (κ2) is 3.81. The fraction of sp³-hybridized carbons (Fsp3) is 0.923. The summed E-state index contributed by atoms with van der Waals surface area (Å²) in [5.74, 6) is 0.954. The number of fused-ring (bicyclic) bond motifs is 2. The molecule has 4 unspecified atom stereocenters. The van der Waals surface area contributed by atoms with Crippen molar-refractivity contribution >= 4 is 5.78 Å². The fourth-order valence-electron chi connectivity index (χ4n) is 3.13. The first-order chi connectivity index (χ1) is 7.67. The van der Waals surface area contributed by atoms with Crippen LogP contribution in [0, 0.1) is 5.92 Å². The van der Waals surface area contributed by atoms with Crippen LogP contribution in [0.2, 0.25) is 0 Å². The van der Waals surface area contributed by atoms with Gasteiger partial charge in [-0.05, 0) is 38.5 Å². The molecule has 0 aromatic rings. The average molecular weight is 224 g/mol. The van der Waals surface area contributed by atoms with E-state index in [2.05, 4.69) is 6.92 Å². The maximum Gasteiger partial charge on any atom is 0.161 e. The summed E-state index contributed by atoms with van der Waals surface area (Å²) in [4.78, 5) is 11.6. The molecule has 0 aromatic heterocycles. The maximum atomic E-state index is 11.6. The lowest BCUT2D eigenvalue weighted by atomic mass is 9.80. The van der Waals surface area contributed by atoms with Crippen LogP contribution in [0.1, 0.15) is 45.4 Å². The number of hydrogen-bond acceptors (Lipinski definition) is 3. The summed E-state index contributed by atoms with van der Waals surface area (Å²) in [6, 6.07) is 0. The van der Waals surface area contributed by atoms with Gasteiger partial charge < -0.3 is 9.47 Å². The highest BCUT2D eigenvalue weighted by Crippen LogP contribution is 2.43. The Hall–Kier alpha value is -0.410. The molecule has 3 aliphatic heterocycles. The predicted molar refractivity (Wildman–Crippen MR) is 59.2 cm³/mol. The van der Waals surface area contributed by atoms with Crippen LogP contribution in [-0.2, 0) is 14.3 Å². The van der Waals surface area contributed by atoms with Crippen LogP contribution < -0.4 is 0 Å². The first kappa shape index (κ1) is 10.7. The lowest BCUT2D eigenvalue weighted by molar-refractivity contribution is -0.146. The van der Waals surface area contributed by atoms with Crippen LogP contribution in [0.25, 0.3) is 0 Å². The molecular formula is C13H20O3. The van der Waals surface area contributed by atoms with E-state index in [9.17, 15) is 4.79 Å². The second-order valence-electron chi connectivity index (χ2n) is 5.72. The predicted octanol–water partition coefficient (Wildman–Crippen LogP) is 2.08. The minimum Gasteiger partial charge on any atom is -0.370 e. The number of rotatable bonds is 1. The summed E-state index contributed by atoms with van der Waals surface area (Å²) in [7, 11) is 0. The lowest BCUT2D eigenvalue weighted by Gasteiger charge is -2.35. The minimum atomic E-state index is -0.0902. The first-order valence-electron chi connectivity index (χ1n) is 6.49. The molecule has 0 spiro atoms. The van der Waals surface area contributed by atoms with E-state index in [1.54, 1.807) is 0 Å². The van der Waals surface area contributed by atoms with Crippen LogP contribution in [0.5, 0.6) is 0 Å². The Labute approximate surface area is 96.5 Å². The van der Waals surface area contributed by atoms with E-state index in [0.29, 0.717) is 17.8 Å². The van der Waals surface area contributed by atoms with Crippen molar-refractivity contribution in [2.75, 3.05) is 6.61 Å². The molecule has 3 heterocycles. The lowest BCUT2D eigenvalue weighted by Crippen LogP contribution is -2.40. The molecule has 16 heavy (non-hydrogen) atoms. The molecule has 0 radical (unpaired) electrons. The molecule has 0 N–H and O–H groups in total. The van der Waals surface area contributed by atoms with Crippen LogP contribution in [0.15, 0.2) is 0 Å². The van der Waals surface area contributed by atoms with Gasteiger partial charge >= 0.3 is 0 Å². The van der Waals surface area contributed by atoms with Crippen molar-refractivity contribution in [1.29, 1.82) is 0 Å². The Morgan fingerprint density at radius 2 is 2.12 bits per heavy atom. The van der Waals surface area contributed by atoms with Gasteiger partial charge in [-0.15, -0.1) is 0 Å². The number of epoxide rings is 1. The Morgan fingerprint density at radius 1 is 1.31 bits per heavy atom. The topological polar surface area (TPSA) is 38.8 Å². The summed E-state index contributed by atoms with van der Waals surface area (Å²) in [6.07, 6.45) is 6.15. The summed E-state index contributed by atoms with van der Waals surface area (Å²) >= 11 is 0. The molecule has 0 amide bonds.